The van der Waals surface area contributed by atoms with Gasteiger partial charge in [0.05, 0.1) is 10.9 Å². The highest BCUT2D eigenvalue weighted by Gasteiger charge is 2.34. The first kappa shape index (κ1) is 10.5. The third-order valence-electron chi connectivity index (χ3n) is 2.01. The van der Waals surface area contributed by atoms with Gasteiger partial charge in [0, 0.05) is 0 Å². The van der Waals surface area contributed by atoms with E-state index in [1.54, 1.807) is 0 Å². The van der Waals surface area contributed by atoms with Crippen molar-refractivity contribution >= 4 is 33.1 Å². The first-order chi connectivity index (χ1) is 6.08. The molecule has 1 atom stereocenters. The van der Waals surface area contributed by atoms with E-state index in [4.69, 9.17) is 0 Å². The van der Waals surface area contributed by atoms with E-state index < -0.39 is 21.0 Å². The Morgan fingerprint density at radius 1 is 1.46 bits per heavy atom. The summed E-state index contributed by atoms with van der Waals surface area (Å²) in [6.07, 6.45) is 1.75. The van der Waals surface area contributed by atoms with E-state index in [0.29, 0.717) is 12.8 Å². The maximum Gasteiger partial charge on any atom is 0.272 e. The van der Waals surface area contributed by atoms with E-state index in [1.807, 2.05) is 5.16 Å². The molecule has 1 saturated heterocycles. The average Bonchev–Trinajstić information content (AvgIpc) is 2.03. The molecule has 1 rings (SSSR count). The van der Waals surface area contributed by atoms with Crippen molar-refractivity contribution in [3.8, 4) is 0 Å². The van der Waals surface area contributed by atoms with E-state index in [1.165, 1.54) is 0 Å². The van der Waals surface area contributed by atoms with Gasteiger partial charge in [-0.2, -0.15) is 4.99 Å². The van der Waals surface area contributed by atoms with Crippen LogP contribution in [0.2, 0.25) is 0 Å². The van der Waals surface area contributed by atoms with Gasteiger partial charge >= 0.3 is 0 Å². The van der Waals surface area contributed by atoms with Gasteiger partial charge < -0.3 is 0 Å². The van der Waals surface area contributed by atoms with Crippen molar-refractivity contribution in [1.82, 2.24) is 0 Å². The van der Waals surface area contributed by atoms with Crippen LogP contribution in [0, 0.1) is 0 Å². The lowest BCUT2D eigenvalue weighted by atomic mass is 10.2. The van der Waals surface area contributed by atoms with Crippen molar-refractivity contribution in [3.63, 3.8) is 0 Å². The zero-order valence-electron chi connectivity index (χ0n) is 6.89. The first-order valence-corrected chi connectivity index (χ1v) is 6.03. The summed E-state index contributed by atoms with van der Waals surface area (Å²) >= 11 is 4.24. The Hall–Kier alpha value is -0.580. The summed E-state index contributed by atoms with van der Waals surface area (Å²) in [6.45, 7) is 0. The third kappa shape index (κ3) is 2.43. The molecule has 1 aliphatic heterocycles. The Bertz CT molecular complexity index is 354. The van der Waals surface area contributed by atoms with Crippen LogP contribution in [-0.4, -0.2) is 30.5 Å². The van der Waals surface area contributed by atoms with Crippen LogP contribution in [0.25, 0.3) is 0 Å². The summed E-state index contributed by atoms with van der Waals surface area (Å²) in [4.78, 5) is 14.3. The summed E-state index contributed by atoms with van der Waals surface area (Å²) in [6, 6.07) is 0. The summed E-state index contributed by atoms with van der Waals surface area (Å²) in [7, 11) is -3.27. The maximum absolute atomic E-state index is 11.4. The highest BCUT2D eigenvalue weighted by atomic mass is 32.2. The van der Waals surface area contributed by atoms with E-state index >= 15 is 0 Å². The normalized spacial score (nSPS) is 26.0. The predicted octanol–water partition coefficient (Wildman–Crippen LogP) is 0.583. The molecule has 0 radical (unpaired) electrons. The van der Waals surface area contributed by atoms with Crippen LogP contribution in [0.15, 0.2) is 4.99 Å². The molecule has 6 heteroatoms. The van der Waals surface area contributed by atoms with E-state index in [0.717, 1.165) is 6.42 Å². The maximum atomic E-state index is 11.4. The summed E-state index contributed by atoms with van der Waals surface area (Å²) in [5.41, 5.74) is 0. The monoisotopic (exact) mass is 219 g/mol. The molecule has 0 aromatic heterocycles. The fraction of sp³-hybridized carbons (Fsp3) is 0.714. The van der Waals surface area contributed by atoms with Crippen LogP contribution < -0.4 is 0 Å². The van der Waals surface area contributed by atoms with Crippen LogP contribution in [0.3, 0.4) is 0 Å². The Morgan fingerprint density at radius 3 is 2.69 bits per heavy atom. The van der Waals surface area contributed by atoms with Gasteiger partial charge in [-0.25, -0.2) is 8.42 Å². The van der Waals surface area contributed by atoms with Crippen LogP contribution >= 0.6 is 12.2 Å². The fourth-order valence-corrected chi connectivity index (χ4v) is 3.22. The number of sulfone groups is 1. The predicted molar refractivity (Wildman–Crippen MR) is 51.5 cm³/mol. The Labute approximate surface area is 82.0 Å². The SMILES string of the molecule is O=C(N=C=S)C1CCCCS1(=O)=O. The largest absolute Gasteiger partial charge is 0.272 e. The second kappa shape index (κ2) is 4.09. The highest BCUT2D eigenvalue weighted by Crippen LogP contribution is 2.20. The molecule has 4 nitrogen and oxygen atoms in total. The summed E-state index contributed by atoms with van der Waals surface area (Å²) in [5.74, 6) is -0.592. The molecule has 13 heavy (non-hydrogen) atoms. The third-order valence-corrected chi connectivity index (χ3v) is 4.26. The van der Waals surface area contributed by atoms with Gasteiger partial charge in [-0.15, -0.1) is 0 Å². The minimum atomic E-state index is -3.27. The molecule has 0 N–H and O–H groups in total. The minimum Gasteiger partial charge on any atom is -0.270 e. The molecule has 1 amide bonds. The molecule has 1 fully saturated rings. The van der Waals surface area contributed by atoms with E-state index in [9.17, 15) is 13.2 Å². The zero-order chi connectivity index (χ0) is 9.90. The lowest BCUT2D eigenvalue weighted by Crippen LogP contribution is -2.34. The number of rotatable bonds is 1. The summed E-state index contributed by atoms with van der Waals surface area (Å²) in [5, 5.41) is 0.922. The molecule has 0 saturated carbocycles. The Kier molecular flexibility index (Phi) is 3.30. The Balaban J connectivity index is 2.89. The number of thiocarbonyl (C=S) groups is 1. The van der Waals surface area contributed by atoms with Crippen molar-refractivity contribution in [1.29, 1.82) is 0 Å². The van der Waals surface area contributed by atoms with E-state index in [2.05, 4.69) is 17.2 Å². The van der Waals surface area contributed by atoms with Gasteiger partial charge in [0.1, 0.15) is 5.25 Å². The molecule has 0 aromatic rings. The lowest BCUT2D eigenvalue weighted by Gasteiger charge is -2.18. The second-order valence-corrected chi connectivity index (χ2v) is 5.38. The highest BCUT2D eigenvalue weighted by molar-refractivity contribution is 7.92. The number of isothiocyanates is 1. The molecule has 1 heterocycles. The zero-order valence-corrected chi connectivity index (χ0v) is 8.53. The van der Waals surface area contributed by atoms with Gasteiger partial charge in [0.2, 0.25) is 0 Å². The molecule has 0 aliphatic carbocycles. The number of aliphatic imine (C=N–C) groups is 1. The van der Waals surface area contributed by atoms with Gasteiger partial charge in [-0.1, -0.05) is 6.42 Å². The van der Waals surface area contributed by atoms with Crippen molar-refractivity contribution in [3.05, 3.63) is 0 Å². The number of carbonyl (C=O) groups is 1. The molecule has 0 spiro atoms. The second-order valence-electron chi connectivity index (χ2n) is 2.89. The standard InChI is InChI=1S/C7H9NO3S2/c9-7(8-5-12)6-3-1-2-4-13(6,10)11/h6H,1-4H2. The van der Waals surface area contributed by atoms with Gasteiger partial charge in [0.25, 0.3) is 5.91 Å². The van der Waals surface area contributed by atoms with Crippen LogP contribution in [0.5, 0.6) is 0 Å². The summed E-state index contributed by atoms with van der Waals surface area (Å²) < 4.78 is 22.7. The number of hydrogen-bond acceptors (Lipinski definition) is 4. The van der Waals surface area contributed by atoms with Crippen LogP contribution in [-0.2, 0) is 14.6 Å². The topological polar surface area (TPSA) is 63.6 Å². The van der Waals surface area contributed by atoms with Crippen molar-refractivity contribution < 1.29 is 13.2 Å². The molecule has 1 unspecified atom stereocenters. The van der Waals surface area contributed by atoms with Gasteiger partial charge in [-0.3, -0.25) is 4.79 Å². The number of amides is 1. The van der Waals surface area contributed by atoms with E-state index in [-0.39, 0.29) is 5.75 Å². The molecule has 0 bridgehead atoms. The molecular formula is C7H9NO3S2. The lowest BCUT2D eigenvalue weighted by molar-refractivity contribution is -0.117. The molecule has 1 aliphatic rings. The quantitative estimate of drug-likeness (QED) is 0.478. The molecule has 0 aromatic carbocycles. The van der Waals surface area contributed by atoms with Crippen molar-refractivity contribution in [2.75, 3.05) is 5.75 Å². The van der Waals surface area contributed by atoms with Gasteiger partial charge in [0.15, 0.2) is 9.84 Å². The van der Waals surface area contributed by atoms with Crippen LogP contribution in [0.1, 0.15) is 19.3 Å². The number of nitrogens with zero attached hydrogens (tertiary/aromatic N) is 1. The Morgan fingerprint density at radius 2 is 2.15 bits per heavy atom. The van der Waals surface area contributed by atoms with Crippen LogP contribution in [0.4, 0.5) is 0 Å². The van der Waals surface area contributed by atoms with Crippen molar-refractivity contribution in [2.45, 2.75) is 24.5 Å². The molecule has 72 valence electrons. The average molecular weight is 219 g/mol. The van der Waals surface area contributed by atoms with Gasteiger partial charge in [-0.05, 0) is 25.1 Å². The smallest absolute Gasteiger partial charge is 0.270 e. The fourth-order valence-electron chi connectivity index (χ4n) is 1.35. The number of carbonyl (C=O) groups excluding carboxylic acids is 1. The minimum absolute atomic E-state index is 0.0797. The first-order valence-electron chi connectivity index (χ1n) is 3.91. The van der Waals surface area contributed by atoms with Crippen molar-refractivity contribution in [2.24, 2.45) is 4.99 Å². The molecular weight excluding hydrogens is 210 g/mol. The number of hydrogen-bond donors (Lipinski definition) is 0.